The van der Waals surface area contributed by atoms with Gasteiger partial charge in [-0.3, -0.25) is 4.99 Å². The summed E-state index contributed by atoms with van der Waals surface area (Å²) in [5.74, 6) is 0.914. The molecule has 1 aromatic heterocycles. The number of aliphatic imine (C=N–C) groups is 1. The number of anilines is 2. The van der Waals surface area contributed by atoms with Gasteiger partial charge < -0.3 is 4.90 Å². The van der Waals surface area contributed by atoms with Crippen molar-refractivity contribution in [3.8, 4) is 22.4 Å². The average molecular weight is 657 g/mol. The van der Waals surface area contributed by atoms with Crippen molar-refractivity contribution >= 4 is 44.6 Å². The Balaban J connectivity index is 1.13. The van der Waals surface area contributed by atoms with E-state index in [1.54, 1.807) is 0 Å². The van der Waals surface area contributed by atoms with Crippen molar-refractivity contribution in [2.24, 2.45) is 16.3 Å². The van der Waals surface area contributed by atoms with E-state index in [4.69, 9.17) is 15.0 Å². The van der Waals surface area contributed by atoms with E-state index in [1.165, 1.54) is 44.2 Å². The molecule has 4 heteroatoms. The van der Waals surface area contributed by atoms with Gasteiger partial charge in [0.05, 0.1) is 34.3 Å². The van der Waals surface area contributed by atoms with Crippen LogP contribution in [-0.2, 0) is 0 Å². The first-order valence-corrected chi connectivity index (χ1v) is 17.8. The Bertz CT molecular complexity index is 2620. The van der Waals surface area contributed by atoms with E-state index < -0.39 is 0 Å². The molecule has 0 spiro atoms. The molecule has 7 aromatic rings. The lowest BCUT2D eigenvalue weighted by Gasteiger charge is -2.35. The molecule has 0 saturated carbocycles. The third kappa shape index (κ3) is 4.49. The highest BCUT2D eigenvalue weighted by Crippen LogP contribution is 2.56. The van der Waals surface area contributed by atoms with Crippen molar-refractivity contribution < 1.29 is 0 Å². The predicted octanol–water partition coefficient (Wildman–Crippen LogP) is 11.5. The van der Waals surface area contributed by atoms with Gasteiger partial charge in [-0.05, 0) is 51.1 Å². The van der Waals surface area contributed by atoms with Crippen LogP contribution in [0.25, 0.3) is 49.6 Å². The van der Waals surface area contributed by atoms with Crippen molar-refractivity contribution in [1.82, 2.24) is 9.97 Å². The standard InChI is InChI=1S/C47H36N4/c1-29-28-38-43(49-45(47(38,2)3)33-15-5-4-6-16-33)41-37-20-10-12-23-40(37)51(44(29)41)46-48-39-22-11-9-19-36(39)42(50-46)32-26-24-31(25-27-32)35-21-13-17-30-14-7-8-18-34(30)35/h4-29,44H,1-3H3. The second-order valence-corrected chi connectivity index (χ2v) is 14.5. The van der Waals surface area contributed by atoms with Gasteiger partial charge in [-0.15, -0.1) is 0 Å². The van der Waals surface area contributed by atoms with E-state index in [2.05, 4.69) is 177 Å². The Hall–Kier alpha value is -6.13. The summed E-state index contributed by atoms with van der Waals surface area (Å²) in [4.78, 5) is 18.6. The summed E-state index contributed by atoms with van der Waals surface area (Å²) in [6.45, 7) is 6.96. The fourth-order valence-corrected chi connectivity index (χ4v) is 8.63. The first-order chi connectivity index (χ1) is 25.0. The van der Waals surface area contributed by atoms with E-state index in [0.29, 0.717) is 5.95 Å². The molecule has 2 aliphatic heterocycles. The maximum atomic E-state index is 5.46. The predicted molar refractivity (Wildman–Crippen MR) is 211 cm³/mol. The zero-order valence-corrected chi connectivity index (χ0v) is 28.9. The van der Waals surface area contributed by atoms with Crippen molar-refractivity contribution in [1.29, 1.82) is 0 Å². The van der Waals surface area contributed by atoms with Crippen molar-refractivity contribution in [3.63, 3.8) is 0 Å². The van der Waals surface area contributed by atoms with Gasteiger partial charge in [0.15, 0.2) is 0 Å². The maximum absolute atomic E-state index is 5.46. The summed E-state index contributed by atoms with van der Waals surface area (Å²) in [6, 6.07) is 51.7. The number of fused-ring (bicyclic) bond motifs is 6. The van der Waals surface area contributed by atoms with Crippen LogP contribution < -0.4 is 4.90 Å². The van der Waals surface area contributed by atoms with Crippen LogP contribution in [0, 0.1) is 11.3 Å². The summed E-state index contributed by atoms with van der Waals surface area (Å²) in [5, 5.41) is 3.54. The molecule has 1 aliphatic carbocycles. The minimum absolute atomic E-state index is 0.0126. The van der Waals surface area contributed by atoms with Crippen LogP contribution in [0.4, 0.5) is 11.6 Å². The largest absolute Gasteiger partial charge is 0.302 e. The highest BCUT2D eigenvalue weighted by Gasteiger charge is 2.49. The van der Waals surface area contributed by atoms with Gasteiger partial charge in [0, 0.05) is 27.5 Å². The van der Waals surface area contributed by atoms with Crippen molar-refractivity contribution in [2.45, 2.75) is 26.8 Å². The second-order valence-electron chi connectivity index (χ2n) is 14.5. The molecule has 0 fully saturated rings. The van der Waals surface area contributed by atoms with Gasteiger partial charge in [0.1, 0.15) is 0 Å². The van der Waals surface area contributed by atoms with Gasteiger partial charge in [-0.25, -0.2) is 9.97 Å². The van der Waals surface area contributed by atoms with Crippen LogP contribution in [0.1, 0.15) is 31.9 Å². The highest BCUT2D eigenvalue weighted by atomic mass is 15.3. The normalized spacial score (nSPS) is 18.8. The van der Waals surface area contributed by atoms with Crippen LogP contribution in [0.15, 0.2) is 168 Å². The Morgan fingerprint density at radius 1 is 0.588 bits per heavy atom. The molecule has 0 saturated heterocycles. The first-order valence-electron chi connectivity index (χ1n) is 17.8. The third-order valence-electron chi connectivity index (χ3n) is 11.1. The number of aromatic nitrogens is 2. The van der Waals surface area contributed by atoms with E-state index in [9.17, 15) is 0 Å². The lowest BCUT2D eigenvalue weighted by Crippen LogP contribution is -2.36. The van der Waals surface area contributed by atoms with E-state index in [1.807, 2.05) is 0 Å². The smallest absolute Gasteiger partial charge is 0.231 e. The number of benzene rings is 6. The quantitative estimate of drug-likeness (QED) is 0.189. The number of hydrogen-bond donors (Lipinski definition) is 0. The number of nitrogens with zero attached hydrogens (tertiary/aromatic N) is 4. The molecule has 244 valence electrons. The summed E-state index contributed by atoms with van der Waals surface area (Å²) in [7, 11) is 0. The summed E-state index contributed by atoms with van der Waals surface area (Å²) in [5.41, 5.74) is 13.4. The molecule has 4 nitrogen and oxygen atoms in total. The van der Waals surface area contributed by atoms with E-state index >= 15 is 0 Å². The Morgan fingerprint density at radius 3 is 2.10 bits per heavy atom. The monoisotopic (exact) mass is 656 g/mol. The maximum Gasteiger partial charge on any atom is 0.231 e. The van der Waals surface area contributed by atoms with Gasteiger partial charge in [0.25, 0.3) is 0 Å². The summed E-state index contributed by atoms with van der Waals surface area (Å²) in [6.07, 6.45) is 2.45. The number of allylic oxidation sites excluding steroid dienone is 1. The van der Waals surface area contributed by atoms with Gasteiger partial charge in [0.2, 0.25) is 5.95 Å². The minimum atomic E-state index is -0.212. The molecular formula is C47H36N4. The van der Waals surface area contributed by atoms with Crippen LogP contribution in [0.2, 0.25) is 0 Å². The molecule has 10 rings (SSSR count). The topological polar surface area (TPSA) is 41.4 Å². The molecule has 51 heavy (non-hydrogen) atoms. The fourth-order valence-electron chi connectivity index (χ4n) is 8.63. The van der Waals surface area contributed by atoms with Gasteiger partial charge in [-0.1, -0.05) is 160 Å². The van der Waals surface area contributed by atoms with Crippen LogP contribution in [-0.4, -0.2) is 21.7 Å². The van der Waals surface area contributed by atoms with Crippen molar-refractivity contribution in [2.75, 3.05) is 4.90 Å². The molecule has 3 aliphatic rings. The molecule has 6 aromatic carbocycles. The molecule has 0 radical (unpaired) electrons. The Labute approximate surface area is 298 Å². The fraction of sp³-hybridized carbons (Fsp3) is 0.128. The molecule has 3 heterocycles. The van der Waals surface area contributed by atoms with Crippen LogP contribution in [0.3, 0.4) is 0 Å². The third-order valence-corrected chi connectivity index (χ3v) is 11.1. The van der Waals surface area contributed by atoms with Gasteiger partial charge >= 0.3 is 0 Å². The summed E-state index contributed by atoms with van der Waals surface area (Å²) >= 11 is 0. The van der Waals surface area contributed by atoms with E-state index in [-0.39, 0.29) is 17.4 Å². The zero-order chi connectivity index (χ0) is 34.3. The Kier molecular flexibility index (Phi) is 6.53. The summed E-state index contributed by atoms with van der Waals surface area (Å²) < 4.78 is 0. The molecule has 0 N–H and O–H groups in total. The van der Waals surface area contributed by atoms with Gasteiger partial charge in [-0.2, -0.15) is 0 Å². The van der Waals surface area contributed by atoms with Crippen molar-refractivity contribution in [3.05, 3.63) is 174 Å². The molecule has 0 amide bonds. The molecule has 2 unspecified atom stereocenters. The lowest BCUT2D eigenvalue weighted by atomic mass is 9.72. The molecular weight excluding hydrogens is 621 g/mol. The number of hydrogen-bond acceptors (Lipinski definition) is 4. The van der Waals surface area contributed by atoms with Crippen LogP contribution >= 0.6 is 0 Å². The number of para-hydroxylation sites is 2. The highest BCUT2D eigenvalue weighted by molar-refractivity contribution is 6.12. The molecule has 2 atom stereocenters. The second kappa shape index (κ2) is 11.2. The first kappa shape index (κ1) is 29.8. The van der Waals surface area contributed by atoms with Crippen LogP contribution in [0.5, 0.6) is 0 Å². The van der Waals surface area contributed by atoms with E-state index in [0.717, 1.165) is 39.3 Å². The number of rotatable bonds is 4. The minimum Gasteiger partial charge on any atom is -0.302 e. The molecule has 0 bridgehead atoms. The average Bonchev–Trinajstić information content (AvgIpc) is 3.66. The zero-order valence-electron chi connectivity index (χ0n) is 28.9. The lowest BCUT2D eigenvalue weighted by molar-refractivity contribution is 0.585. The Morgan fingerprint density at radius 2 is 1.25 bits per heavy atom. The SMILES string of the molecule is CC1C=C2C(=C3c4ccccc4N(c4nc(-c5ccc(-c6cccc7ccccc67)cc5)c5ccccc5n4)C31)N=C(c1ccccc1)C2(C)C.